The number of amides is 1. The number of para-hydroxylation sites is 1. The fourth-order valence-electron chi connectivity index (χ4n) is 3.78. The molecule has 0 fully saturated rings. The molecule has 1 amide bonds. The summed E-state index contributed by atoms with van der Waals surface area (Å²) in [6, 6.07) is 21.0. The summed E-state index contributed by atoms with van der Waals surface area (Å²) in [5.41, 5.74) is 2.31. The van der Waals surface area contributed by atoms with Gasteiger partial charge in [0.1, 0.15) is 24.7 Å². The second-order valence-electron chi connectivity index (χ2n) is 9.70. The van der Waals surface area contributed by atoms with Gasteiger partial charge in [-0.1, -0.05) is 56.7 Å². The molecule has 37 heavy (non-hydrogen) atoms. The Morgan fingerprint density at radius 3 is 2.19 bits per heavy atom. The van der Waals surface area contributed by atoms with Crippen molar-refractivity contribution in [2.75, 3.05) is 30.6 Å². The molecule has 3 aromatic carbocycles. The Morgan fingerprint density at radius 1 is 0.919 bits per heavy atom. The molecule has 198 valence electrons. The molecule has 0 aliphatic heterocycles. The van der Waals surface area contributed by atoms with Gasteiger partial charge < -0.3 is 14.8 Å². The fraction of sp³-hybridized carbons (Fsp3) is 0.345. The molecular weight excluding hydrogens is 488 g/mol. The molecule has 0 radical (unpaired) electrons. The highest BCUT2D eigenvalue weighted by molar-refractivity contribution is 7.92. The molecule has 0 unspecified atom stereocenters. The van der Waals surface area contributed by atoms with E-state index in [1.165, 1.54) is 0 Å². The Morgan fingerprint density at radius 2 is 1.57 bits per heavy atom. The lowest BCUT2D eigenvalue weighted by atomic mass is 9.86. The minimum absolute atomic E-state index is 0.0810. The number of nitrogens with zero attached hydrogens (tertiary/aromatic N) is 1. The molecule has 0 bridgehead atoms. The number of aryl methyl sites for hydroxylation is 1. The topological polar surface area (TPSA) is 84.9 Å². The van der Waals surface area contributed by atoms with Gasteiger partial charge in [0, 0.05) is 0 Å². The first-order valence-corrected chi connectivity index (χ1v) is 13.8. The smallest absolute Gasteiger partial charge is 0.264 e. The van der Waals surface area contributed by atoms with Crippen LogP contribution in [0.5, 0.6) is 11.5 Å². The summed E-state index contributed by atoms with van der Waals surface area (Å²) in [6.07, 6.45) is 0. The maximum atomic E-state index is 13.5. The molecule has 0 heterocycles. The first kappa shape index (κ1) is 28.1. The highest BCUT2D eigenvalue weighted by atomic mass is 32.2. The van der Waals surface area contributed by atoms with E-state index >= 15 is 0 Å². The van der Waals surface area contributed by atoms with E-state index in [-0.39, 0.29) is 30.0 Å². The first-order valence-electron chi connectivity index (χ1n) is 12.3. The summed E-state index contributed by atoms with van der Waals surface area (Å²) in [5, 5.41) is 2.78. The van der Waals surface area contributed by atoms with Gasteiger partial charge >= 0.3 is 0 Å². The van der Waals surface area contributed by atoms with Crippen molar-refractivity contribution >= 4 is 21.6 Å². The second kappa shape index (κ2) is 12.1. The van der Waals surface area contributed by atoms with Crippen molar-refractivity contribution in [3.05, 3.63) is 83.9 Å². The van der Waals surface area contributed by atoms with Crippen molar-refractivity contribution in [3.63, 3.8) is 0 Å². The molecule has 0 aromatic heterocycles. The van der Waals surface area contributed by atoms with Crippen molar-refractivity contribution in [1.82, 2.24) is 5.32 Å². The zero-order chi connectivity index (χ0) is 27.1. The van der Waals surface area contributed by atoms with Crippen LogP contribution in [0.2, 0.25) is 0 Å². The molecule has 8 heteroatoms. The van der Waals surface area contributed by atoms with E-state index in [0.29, 0.717) is 18.0 Å². The lowest BCUT2D eigenvalue weighted by Crippen LogP contribution is -2.42. The van der Waals surface area contributed by atoms with E-state index in [4.69, 9.17) is 9.47 Å². The summed E-state index contributed by atoms with van der Waals surface area (Å²) < 4.78 is 39.6. The maximum Gasteiger partial charge on any atom is 0.264 e. The van der Waals surface area contributed by atoms with Gasteiger partial charge in [-0.2, -0.15) is 0 Å². The summed E-state index contributed by atoms with van der Waals surface area (Å²) in [5.74, 6) is 0.954. The van der Waals surface area contributed by atoms with Crippen molar-refractivity contribution in [3.8, 4) is 11.5 Å². The number of carbonyl (C=O) groups excluding carboxylic acids is 1. The Labute approximate surface area is 220 Å². The normalized spacial score (nSPS) is 11.6. The standard InChI is InChI=1S/C29H36N2O5S/c1-6-35-24-15-13-23(14-16-24)31(37(33,34)25-17-11-22(2)12-18-25)21-28(32)30-19-20-36-27-10-8-7-9-26(27)29(3,4)5/h7-18H,6,19-21H2,1-5H3,(H,30,32). The van der Waals surface area contributed by atoms with E-state index < -0.39 is 15.9 Å². The summed E-state index contributed by atoms with van der Waals surface area (Å²) in [6.45, 7) is 10.7. The predicted molar refractivity (Wildman–Crippen MR) is 147 cm³/mol. The SMILES string of the molecule is CCOc1ccc(N(CC(=O)NCCOc2ccccc2C(C)(C)C)S(=O)(=O)c2ccc(C)cc2)cc1. The minimum Gasteiger partial charge on any atom is -0.494 e. The Bertz CT molecular complexity index is 1280. The van der Waals surface area contributed by atoms with Crippen LogP contribution >= 0.6 is 0 Å². The fourth-order valence-corrected chi connectivity index (χ4v) is 5.20. The minimum atomic E-state index is -3.99. The molecule has 0 spiro atoms. The van der Waals surface area contributed by atoms with E-state index in [2.05, 4.69) is 26.1 Å². The largest absolute Gasteiger partial charge is 0.494 e. The zero-order valence-corrected chi connectivity index (χ0v) is 23.0. The third kappa shape index (κ3) is 7.49. The van der Waals surface area contributed by atoms with Gasteiger partial charge in [-0.3, -0.25) is 9.10 Å². The van der Waals surface area contributed by atoms with Crippen molar-refractivity contribution in [2.45, 2.75) is 44.9 Å². The summed E-state index contributed by atoms with van der Waals surface area (Å²) in [4.78, 5) is 13.0. The van der Waals surface area contributed by atoms with Crippen LogP contribution in [-0.2, 0) is 20.2 Å². The lowest BCUT2D eigenvalue weighted by Gasteiger charge is -2.25. The lowest BCUT2D eigenvalue weighted by molar-refractivity contribution is -0.119. The first-order chi connectivity index (χ1) is 17.5. The highest BCUT2D eigenvalue weighted by Crippen LogP contribution is 2.31. The number of ether oxygens (including phenoxy) is 2. The number of hydrogen-bond acceptors (Lipinski definition) is 5. The van der Waals surface area contributed by atoms with Gasteiger partial charge in [-0.25, -0.2) is 8.42 Å². The third-order valence-electron chi connectivity index (χ3n) is 5.71. The van der Waals surface area contributed by atoms with Gasteiger partial charge in [0.05, 0.1) is 23.7 Å². The summed E-state index contributed by atoms with van der Waals surface area (Å²) in [7, 11) is -3.99. The van der Waals surface area contributed by atoms with Crippen LogP contribution in [-0.4, -0.2) is 40.6 Å². The number of carbonyl (C=O) groups is 1. The van der Waals surface area contributed by atoms with E-state index in [1.807, 2.05) is 38.1 Å². The molecule has 0 atom stereocenters. The van der Waals surface area contributed by atoms with Gasteiger partial charge in [0.25, 0.3) is 10.0 Å². The van der Waals surface area contributed by atoms with Crippen LogP contribution in [0, 0.1) is 6.92 Å². The monoisotopic (exact) mass is 524 g/mol. The number of hydrogen-bond donors (Lipinski definition) is 1. The summed E-state index contributed by atoms with van der Waals surface area (Å²) >= 11 is 0. The second-order valence-corrected chi connectivity index (χ2v) is 11.6. The molecule has 1 N–H and O–H groups in total. The average Bonchev–Trinajstić information content (AvgIpc) is 2.86. The van der Waals surface area contributed by atoms with E-state index in [0.717, 1.165) is 21.2 Å². The highest BCUT2D eigenvalue weighted by Gasteiger charge is 2.27. The number of nitrogens with one attached hydrogen (secondary N) is 1. The van der Waals surface area contributed by atoms with Crippen LogP contribution in [0.15, 0.2) is 77.7 Å². The predicted octanol–water partition coefficient (Wildman–Crippen LogP) is 5.08. The maximum absolute atomic E-state index is 13.5. The molecular formula is C29H36N2O5S. The quantitative estimate of drug-likeness (QED) is 0.354. The van der Waals surface area contributed by atoms with Gasteiger partial charge in [0.2, 0.25) is 5.91 Å². The number of anilines is 1. The molecule has 0 saturated carbocycles. The molecule has 0 saturated heterocycles. The Hall–Kier alpha value is -3.52. The third-order valence-corrected chi connectivity index (χ3v) is 7.50. The van der Waals surface area contributed by atoms with Crippen molar-refractivity contribution in [2.24, 2.45) is 0 Å². The molecule has 7 nitrogen and oxygen atoms in total. The number of sulfonamides is 1. The zero-order valence-electron chi connectivity index (χ0n) is 22.2. The Kier molecular flexibility index (Phi) is 9.21. The molecule has 3 rings (SSSR count). The van der Waals surface area contributed by atoms with Crippen LogP contribution in [0.4, 0.5) is 5.69 Å². The molecule has 0 aliphatic rings. The van der Waals surface area contributed by atoms with Gasteiger partial charge in [0.15, 0.2) is 0 Å². The van der Waals surface area contributed by atoms with E-state index in [9.17, 15) is 13.2 Å². The number of benzene rings is 3. The van der Waals surface area contributed by atoms with Gasteiger partial charge in [-0.15, -0.1) is 0 Å². The van der Waals surface area contributed by atoms with Crippen LogP contribution in [0.25, 0.3) is 0 Å². The van der Waals surface area contributed by atoms with E-state index in [1.54, 1.807) is 48.5 Å². The molecule has 0 aliphatic carbocycles. The van der Waals surface area contributed by atoms with Crippen molar-refractivity contribution < 1.29 is 22.7 Å². The Balaban J connectivity index is 1.72. The van der Waals surface area contributed by atoms with Crippen LogP contribution in [0.3, 0.4) is 0 Å². The number of rotatable bonds is 11. The average molecular weight is 525 g/mol. The van der Waals surface area contributed by atoms with Gasteiger partial charge in [-0.05, 0) is 67.3 Å². The van der Waals surface area contributed by atoms with Crippen LogP contribution < -0.4 is 19.1 Å². The molecule has 3 aromatic rings. The van der Waals surface area contributed by atoms with Crippen LogP contribution in [0.1, 0.15) is 38.8 Å². The van der Waals surface area contributed by atoms with Crippen molar-refractivity contribution in [1.29, 1.82) is 0 Å².